The molecule has 0 aromatic rings. The second-order valence-electron chi connectivity index (χ2n) is 20.2. The van der Waals surface area contributed by atoms with Gasteiger partial charge >= 0.3 is 29.8 Å². The smallest absolute Gasteiger partial charge is 0.303 e. The third-order valence-corrected chi connectivity index (χ3v) is 13.3. The Morgan fingerprint density at radius 3 is 1.43 bits per heavy atom. The molecule has 1 aliphatic heterocycles. The summed E-state index contributed by atoms with van der Waals surface area (Å²) in [5, 5.41) is 70.4. The van der Waals surface area contributed by atoms with Crippen molar-refractivity contribution in [2.45, 2.75) is 166 Å². The van der Waals surface area contributed by atoms with Crippen LogP contribution in [-0.2, 0) is 81.4 Å². The SMILES string of the molecule is CCNC(=O)[C@H](C)NC(=O)[C@H](CSC)NC(=O)CNC(=O)[C@H](CC(C)C)NC(=O)[C@@H]1CCCN1C(=O)COCCNC(=O)[C@@H](CCC(=O)O)NC(=O)[C@@H](CCC(=O)O)NC(=O)[C@@H](CCC(=O)O)NC(=O)[C@@H](CCC(=O)O)NC(=O)[C@H](N)CCC(=O)O. The summed E-state index contributed by atoms with van der Waals surface area (Å²) in [6.45, 7) is 5.36. The standard InChI is InChI=1S/C51H82N12O22S/c1-6-53-43(76)27(4)56-50(83)34(25-86-5)57-36(64)23-55-46(79)33(22-26(2)3)62-51(84)35-8-7-20-63(35)37(65)24-85-21-19-54-45(78)29(10-15-39(68)69)59-48(81)31(12-17-41(72)73)61-49(82)32(13-18-42(74)75)60-47(80)30(11-16-40(70)71)58-44(77)28(52)9-14-38(66)67/h26-35H,6-25,52H2,1-5H3,(H,53,76)(H,54,78)(H,55,79)(H,56,83)(H,57,64)(H,58,77)(H,59,81)(H,60,80)(H,61,82)(H,62,84)(H,66,67)(H,68,69)(H,70,71)(H,72,73)(H,74,75)/t27-,28+,29+,30+,31+,32+,33-,34-,35-/m0/s1. The van der Waals surface area contributed by atoms with E-state index < -0.39 is 227 Å². The van der Waals surface area contributed by atoms with Crippen LogP contribution in [0.2, 0.25) is 0 Å². The Labute approximate surface area is 498 Å². The Balaban J connectivity index is 3.09. The van der Waals surface area contributed by atoms with Crippen LogP contribution in [0.25, 0.3) is 0 Å². The molecule has 0 saturated carbocycles. The van der Waals surface area contributed by atoms with Gasteiger partial charge in [0.05, 0.1) is 19.2 Å². The fourth-order valence-corrected chi connectivity index (χ4v) is 8.73. The molecule has 0 bridgehead atoms. The van der Waals surface area contributed by atoms with E-state index in [1.807, 2.05) is 0 Å². The lowest BCUT2D eigenvalue weighted by atomic mass is 10.0. The number of carbonyl (C=O) groups excluding carboxylic acids is 11. The molecule has 1 saturated heterocycles. The Bertz CT molecular complexity index is 2420. The monoisotopic (exact) mass is 1250 g/mol. The highest BCUT2D eigenvalue weighted by Gasteiger charge is 2.37. The summed E-state index contributed by atoms with van der Waals surface area (Å²) in [6, 6.07) is -12.7. The largest absolute Gasteiger partial charge is 0.481 e. The van der Waals surface area contributed by atoms with Gasteiger partial charge in [-0.15, -0.1) is 0 Å². The number of nitrogens with two attached hydrogens (primary N) is 1. The fraction of sp³-hybridized carbons (Fsp3) is 0.686. The fourth-order valence-electron chi connectivity index (χ4n) is 8.17. The van der Waals surface area contributed by atoms with Crippen molar-refractivity contribution in [3.05, 3.63) is 0 Å². The molecule has 9 atom stereocenters. The minimum Gasteiger partial charge on any atom is -0.481 e. The van der Waals surface area contributed by atoms with Crippen LogP contribution in [0.4, 0.5) is 0 Å². The average molecular weight is 1250 g/mol. The molecule has 17 N–H and O–H groups in total. The second kappa shape index (κ2) is 40.2. The first-order valence-electron chi connectivity index (χ1n) is 27.6. The van der Waals surface area contributed by atoms with Gasteiger partial charge in [0.2, 0.25) is 65.0 Å². The minimum atomic E-state index is -1.86. The molecule has 1 rings (SSSR count). The molecule has 1 aliphatic rings. The third kappa shape index (κ3) is 30.6. The molecule has 0 aromatic carbocycles. The molecule has 0 unspecified atom stereocenters. The summed E-state index contributed by atoms with van der Waals surface area (Å²) < 4.78 is 5.47. The first-order chi connectivity index (χ1) is 40.4. The molecule has 1 heterocycles. The Kier molecular flexibility index (Phi) is 35.4. The van der Waals surface area contributed by atoms with Crippen molar-refractivity contribution < 1.29 is 107 Å². The van der Waals surface area contributed by atoms with Crippen LogP contribution in [0.5, 0.6) is 0 Å². The summed E-state index contributed by atoms with van der Waals surface area (Å²) in [5.74, 6) is -16.7. The molecular weight excluding hydrogens is 1160 g/mol. The number of thioether (sulfide) groups is 1. The molecule has 34 nitrogen and oxygen atoms in total. The number of rotatable bonds is 43. The number of nitrogens with zero attached hydrogens (tertiary/aromatic N) is 1. The van der Waals surface area contributed by atoms with Crippen LogP contribution in [0.1, 0.15) is 111 Å². The zero-order chi connectivity index (χ0) is 65.2. The minimum absolute atomic E-state index is 0.130. The summed E-state index contributed by atoms with van der Waals surface area (Å²) in [5.41, 5.74) is 5.72. The van der Waals surface area contributed by atoms with Crippen molar-refractivity contribution in [3.63, 3.8) is 0 Å². The van der Waals surface area contributed by atoms with E-state index in [1.54, 1.807) is 27.0 Å². The van der Waals surface area contributed by atoms with Crippen LogP contribution in [-0.4, -0.2) is 231 Å². The summed E-state index contributed by atoms with van der Waals surface area (Å²) >= 11 is 1.25. The molecule has 0 spiro atoms. The van der Waals surface area contributed by atoms with Crippen molar-refractivity contribution in [1.82, 2.24) is 58.1 Å². The van der Waals surface area contributed by atoms with Gasteiger partial charge in [-0.1, -0.05) is 13.8 Å². The van der Waals surface area contributed by atoms with Gasteiger partial charge in [-0.2, -0.15) is 11.8 Å². The van der Waals surface area contributed by atoms with Crippen LogP contribution >= 0.6 is 11.8 Å². The molecule has 86 heavy (non-hydrogen) atoms. The van der Waals surface area contributed by atoms with E-state index >= 15 is 0 Å². The molecule has 0 radical (unpaired) electrons. The number of carboxylic acids is 5. The van der Waals surface area contributed by atoms with Gasteiger partial charge in [-0.3, -0.25) is 76.7 Å². The van der Waals surface area contributed by atoms with Gasteiger partial charge in [-0.25, -0.2) is 0 Å². The van der Waals surface area contributed by atoms with Crippen LogP contribution < -0.4 is 58.9 Å². The molecule has 484 valence electrons. The van der Waals surface area contributed by atoms with Crippen molar-refractivity contribution in [2.75, 3.05) is 51.4 Å². The Morgan fingerprint density at radius 2 is 0.977 bits per heavy atom. The maximum atomic E-state index is 13.7. The number of hydrogen-bond donors (Lipinski definition) is 16. The number of likely N-dealkylation sites (tertiary alicyclic amines) is 1. The summed E-state index contributed by atoms with van der Waals surface area (Å²) in [7, 11) is 0. The average Bonchev–Trinajstić information content (AvgIpc) is 3.73. The van der Waals surface area contributed by atoms with Crippen molar-refractivity contribution >= 4 is 107 Å². The Hall–Kier alpha value is -8.21. The molecule has 0 aromatic heterocycles. The maximum Gasteiger partial charge on any atom is 0.303 e. The van der Waals surface area contributed by atoms with E-state index in [0.29, 0.717) is 13.0 Å². The lowest BCUT2D eigenvalue weighted by Gasteiger charge is -2.27. The van der Waals surface area contributed by atoms with E-state index in [1.165, 1.54) is 23.6 Å². The van der Waals surface area contributed by atoms with E-state index in [0.717, 1.165) is 0 Å². The summed E-state index contributed by atoms with van der Waals surface area (Å²) in [6.07, 6.45) is -4.10. The lowest BCUT2D eigenvalue weighted by molar-refractivity contribution is -0.142. The van der Waals surface area contributed by atoms with Crippen molar-refractivity contribution in [2.24, 2.45) is 11.7 Å². The van der Waals surface area contributed by atoms with E-state index in [4.69, 9.17) is 15.6 Å². The molecule has 11 amide bonds. The molecular formula is C51H82N12O22S. The molecule has 0 aliphatic carbocycles. The molecule has 35 heteroatoms. The van der Waals surface area contributed by atoms with Gasteiger partial charge in [0, 0.05) is 57.5 Å². The van der Waals surface area contributed by atoms with E-state index in [9.17, 15) is 97.1 Å². The normalized spacial score (nSPS) is 15.5. The van der Waals surface area contributed by atoms with E-state index in [-0.39, 0.29) is 44.2 Å². The van der Waals surface area contributed by atoms with Gasteiger partial charge in [0.25, 0.3) is 0 Å². The number of ether oxygens (including phenoxy) is 1. The third-order valence-electron chi connectivity index (χ3n) is 12.6. The molecule has 1 fully saturated rings. The number of nitrogens with one attached hydrogen (secondary N) is 10. The number of carbonyl (C=O) groups is 16. The summed E-state index contributed by atoms with van der Waals surface area (Å²) in [4.78, 5) is 204. The van der Waals surface area contributed by atoms with Gasteiger partial charge in [0.15, 0.2) is 0 Å². The first-order valence-corrected chi connectivity index (χ1v) is 29.0. The van der Waals surface area contributed by atoms with Crippen molar-refractivity contribution in [1.29, 1.82) is 0 Å². The van der Waals surface area contributed by atoms with Gasteiger partial charge in [0.1, 0.15) is 54.9 Å². The zero-order valence-electron chi connectivity index (χ0n) is 48.5. The van der Waals surface area contributed by atoms with Gasteiger partial charge < -0.3 is 94.1 Å². The maximum absolute atomic E-state index is 13.7. The van der Waals surface area contributed by atoms with E-state index in [2.05, 4.69) is 53.2 Å². The first kappa shape index (κ1) is 75.8. The number of carboxylic acid groups (broad SMARTS) is 5. The predicted octanol–water partition coefficient (Wildman–Crippen LogP) is -5.16. The predicted molar refractivity (Wildman–Crippen MR) is 300 cm³/mol. The lowest BCUT2D eigenvalue weighted by Crippen LogP contribution is -2.59. The number of hydrogen-bond acceptors (Lipinski definition) is 19. The van der Waals surface area contributed by atoms with Gasteiger partial charge in [-0.05, 0) is 77.4 Å². The van der Waals surface area contributed by atoms with Crippen LogP contribution in [0, 0.1) is 5.92 Å². The zero-order valence-corrected chi connectivity index (χ0v) is 49.3. The van der Waals surface area contributed by atoms with Crippen LogP contribution in [0.15, 0.2) is 0 Å². The highest BCUT2D eigenvalue weighted by atomic mass is 32.2. The number of amides is 11. The topological polar surface area (TPSA) is 533 Å². The second-order valence-corrected chi connectivity index (χ2v) is 21.1. The quantitative estimate of drug-likeness (QED) is 0.0254. The number of likely N-dealkylation sites (N-methyl/N-ethyl adjacent to an activating group) is 1. The van der Waals surface area contributed by atoms with Crippen LogP contribution in [0.3, 0.4) is 0 Å². The Morgan fingerprint density at radius 1 is 0.535 bits per heavy atom. The van der Waals surface area contributed by atoms with Crippen molar-refractivity contribution in [3.8, 4) is 0 Å². The number of aliphatic carboxylic acids is 5. The highest BCUT2D eigenvalue weighted by molar-refractivity contribution is 7.98. The highest BCUT2D eigenvalue weighted by Crippen LogP contribution is 2.19.